The number of ether oxygens (including phenoxy) is 1. The Morgan fingerprint density at radius 3 is 2.83 bits per heavy atom. The first-order valence-corrected chi connectivity index (χ1v) is 5.75. The lowest BCUT2D eigenvalue weighted by Crippen LogP contribution is -2.41. The molecule has 1 unspecified atom stereocenters. The van der Waals surface area contributed by atoms with Crippen molar-refractivity contribution in [1.29, 1.82) is 0 Å². The number of carbonyl (C=O) groups excluding carboxylic acids is 2. The van der Waals surface area contributed by atoms with Gasteiger partial charge in [0.05, 0.1) is 25.3 Å². The molecule has 1 rings (SSSR count). The molecule has 0 saturated carbocycles. The molecule has 0 fully saturated rings. The Labute approximate surface area is 106 Å². The summed E-state index contributed by atoms with van der Waals surface area (Å²) >= 11 is 0. The molecule has 0 radical (unpaired) electrons. The molecule has 1 amide bonds. The Balaban J connectivity index is 2.46. The average molecular weight is 254 g/mol. The Hall–Kier alpha value is -1.82. The molecule has 1 heterocycles. The van der Waals surface area contributed by atoms with Gasteiger partial charge in [-0.05, 0) is 19.9 Å². The Bertz CT molecular complexity index is 414. The van der Waals surface area contributed by atoms with Gasteiger partial charge in [0.15, 0.2) is 0 Å². The lowest BCUT2D eigenvalue weighted by atomic mass is 10.3. The van der Waals surface area contributed by atoms with Gasteiger partial charge in [0.1, 0.15) is 12.0 Å². The first-order chi connectivity index (χ1) is 8.58. The van der Waals surface area contributed by atoms with Crippen LogP contribution in [0.1, 0.15) is 30.0 Å². The van der Waals surface area contributed by atoms with E-state index in [0.717, 1.165) is 0 Å². The van der Waals surface area contributed by atoms with Crippen molar-refractivity contribution in [2.24, 2.45) is 0 Å². The predicted molar refractivity (Wildman–Crippen MR) is 65.0 cm³/mol. The summed E-state index contributed by atoms with van der Waals surface area (Å²) in [7, 11) is 1.31. The minimum absolute atomic E-state index is 0.0720. The summed E-state index contributed by atoms with van der Waals surface area (Å²) in [6, 6.07) is 1.26. The van der Waals surface area contributed by atoms with Gasteiger partial charge in [-0.2, -0.15) is 0 Å². The van der Waals surface area contributed by atoms with Gasteiger partial charge in [-0.3, -0.25) is 10.1 Å². The number of carbonyl (C=O) groups is 2. The fraction of sp³-hybridized carbons (Fsp3) is 0.500. The van der Waals surface area contributed by atoms with Crippen molar-refractivity contribution >= 4 is 11.9 Å². The number of likely N-dealkylation sites (N-methyl/N-ethyl adjacent to an activating group) is 1. The maximum Gasteiger partial charge on any atom is 0.341 e. The van der Waals surface area contributed by atoms with E-state index in [1.807, 2.05) is 6.92 Å². The van der Waals surface area contributed by atoms with Crippen LogP contribution in [0, 0.1) is 0 Å². The van der Waals surface area contributed by atoms with E-state index in [0.29, 0.717) is 24.4 Å². The molecule has 18 heavy (non-hydrogen) atoms. The van der Waals surface area contributed by atoms with E-state index < -0.39 is 5.97 Å². The number of furan rings is 1. The molecule has 0 bridgehead atoms. The molecule has 0 aliphatic heterocycles. The third-order valence-electron chi connectivity index (χ3n) is 2.40. The maximum atomic E-state index is 11.4. The summed E-state index contributed by atoms with van der Waals surface area (Å²) in [5, 5.41) is 5.70. The molecule has 0 aromatic carbocycles. The van der Waals surface area contributed by atoms with Gasteiger partial charge in [-0.1, -0.05) is 0 Å². The predicted octanol–water partition coefficient (Wildman–Crippen LogP) is 0.680. The van der Waals surface area contributed by atoms with E-state index in [9.17, 15) is 9.59 Å². The molecule has 2 N–H and O–H groups in total. The van der Waals surface area contributed by atoms with Crippen molar-refractivity contribution in [3.63, 3.8) is 0 Å². The van der Waals surface area contributed by atoms with Crippen LogP contribution in [0.25, 0.3) is 0 Å². The smallest absolute Gasteiger partial charge is 0.341 e. The van der Waals surface area contributed by atoms with E-state index in [4.69, 9.17) is 4.42 Å². The van der Waals surface area contributed by atoms with Crippen LogP contribution in [0.2, 0.25) is 0 Å². The number of amides is 1. The fourth-order valence-corrected chi connectivity index (χ4v) is 1.37. The first-order valence-electron chi connectivity index (χ1n) is 5.75. The molecule has 0 spiro atoms. The Morgan fingerprint density at radius 2 is 2.22 bits per heavy atom. The number of rotatable bonds is 6. The first kappa shape index (κ1) is 14.2. The van der Waals surface area contributed by atoms with Gasteiger partial charge >= 0.3 is 5.97 Å². The van der Waals surface area contributed by atoms with Crippen molar-refractivity contribution in [1.82, 2.24) is 10.6 Å². The number of methoxy groups -OCH3 is 1. The lowest BCUT2D eigenvalue weighted by molar-refractivity contribution is -0.122. The zero-order valence-corrected chi connectivity index (χ0v) is 10.8. The Kier molecular flexibility index (Phi) is 5.38. The minimum atomic E-state index is -0.443. The van der Waals surface area contributed by atoms with Crippen LogP contribution in [0.15, 0.2) is 16.7 Å². The van der Waals surface area contributed by atoms with E-state index in [1.165, 1.54) is 13.4 Å². The summed E-state index contributed by atoms with van der Waals surface area (Å²) in [5.41, 5.74) is 0.361. The second kappa shape index (κ2) is 6.80. The molecule has 0 aliphatic carbocycles. The van der Waals surface area contributed by atoms with Crippen LogP contribution in [0.5, 0.6) is 0 Å². The molecule has 1 atom stereocenters. The van der Waals surface area contributed by atoms with Crippen LogP contribution in [-0.2, 0) is 16.1 Å². The summed E-state index contributed by atoms with van der Waals surface area (Å²) in [6.07, 6.45) is 1.33. The zero-order valence-electron chi connectivity index (χ0n) is 10.8. The topological polar surface area (TPSA) is 80.6 Å². The standard InChI is InChI=1S/C12H18N2O4/c1-4-13-11(15)8(2)14-6-10-5-9(7-18-10)12(16)17-3/h5,7-8,14H,4,6H2,1-3H3,(H,13,15). The van der Waals surface area contributed by atoms with Crippen molar-refractivity contribution in [3.8, 4) is 0 Å². The number of esters is 1. The maximum absolute atomic E-state index is 11.4. The minimum Gasteiger partial charge on any atom is -0.467 e. The molecule has 6 nitrogen and oxygen atoms in total. The molecule has 0 aliphatic rings. The van der Waals surface area contributed by atoms with Crippen LogP contribution < -0.4 is 10.6 Å². The molecule has 1 aromatic rings. The SMILES string of the molecule is CCNC(=O)C(C)NCc1cc(C(=O)OC)co1. The third-order valence-corrected chi connectivity index (χ3v) is 2.40. The monoisotopic (exact) mass is 254 g/mol. The Morgan fingerprint density at radius 1 is 1.50 bits per heavy atom. The van der Waals surface area contributed by atoms with Gasteiger partial charge in [-0.25, -0.2) is 4.79 Å². The van der Waals surface area contributed by atoms with E-state index >= 15 is 0 Å². The average Bonchev–Trinajstić information content (AvgIpc) is 2.84. The van der Waals surface area contributed by atoms with E-state index in [-0.39, 0.29) is 11.9 Å². The van der Waals surface area contributed by atoms with Crippen LogP contribution in [0.3, 0.4) is 0 Å². The van der Waals surface area contributed by atoms with Gasteiger partial charge in [0, 0.05) is 6.54 Å². The zero-order chi connectivity index (χ0) is 13.5. The summed E-state index contributed by atoms with van der Waals surface area (Å²) in [4.78, 5) is 22.6. The van der Waals surface area contributed by atoms with Crippen LogP contribution in [-0.4, -0.2) is 31.6 Å². The van der Waals surface area contributed by atoms with E-state index in [1.54, 1.807) is 13.0 Å². The van der Waals surface area contributed by atoms with Crippen molar-refractivity contribution in [2.75, 3.05) is 13.7 Å². The van der Waals surface area contributed by atoms with Crippen LogP contribution in [0.4, 0.5) is 0 Å². The van der Waals surface area contributed by atoms with Crippen molar-refractivity contribution < 1.29 is 18.7 Å². The van der Waals surface area contributed by atoms with Crippen LogP contribution >= 0.6 is 0 Å². The fourth-order valence-electron chi connectivity index (χ4n) is 1.37. The second-order valence-corrected chi connectivity index (χ2v) is 3.79. The quantitative estimate of drug-likeness (QED) is 0.730. The van der Waals surface area contributed by atoms with Gasteiger partial charge in [0.2, 0.25) is 5.91 Å². The van der Waals surface area contributed by atoms with E-state index in [2.05, 4.69) is 15.4 Å². The summed E-state index contributed by atoms with van der Waals surface area (Å²) < 4.78 is 9.74. The molecule has 1 aromatic heterocycles. The highest BCUT2D eigenvalue weighted by Gasteiger charge is 2.13. The normalized spacial score (nSPS) is 11.9. The van der Waals surface area contributed by atoms with Gasteiger partial charge < -0.3 is 14.5 Å². The molecule has 6 heteroatoms. The largest absolute Gasteiger partial charge is 0.467 e. The molecular formula is C12H18N2O4. The lowest BCUT2D eigenvalue weighted by Gasteiger charge is -2.11. The summed E-state index contributed by atoms with van der Waals surface area (Å²) in [5.74, 6) is 0.0607. The van der Waals surface area contributed by atoms with Crippen molar-refractivity contribution in [3.05, 3.63) is 23.7 Å². The van der Waals surface area contributed by atoms with Gasteiger partial charge in [-0.15, -0.1) is 0 Å². The molecular weight excluding hydrogens is 236 g/mol. The summed E-state index contributed by atoms with van der Waals surface area (Å²) in [6.45, 7) is 4.59. The highest BCUT2D eigenvalue weighted by Crippen LogP contribution is 2.08. The van der Waals surface area contributed by atoms with Crippen molar-refractivity contribution in [2.45, 2.75) is 26.4 Å². The molecule has 0 saturated heterocycles. The number of hydrogen-bond acceptors (Lipinski definition) is 5. The highest BCUT2D eigenvalue weighted by molar-refractivity contribution is 5.89. The van der Waals surface area contributed by atoms with Gasteiger partial charge in [0.25, 0.3) is 0 Å². The second-order valence-electron chi connectivity index (χ2n) is 3.79. The highest BCUT2D eigenvalue weighted by atomic mass is 16.5. The third kappa shape index (κ3) is 3.89. The number of nitrogens with one attached hydrogen (secondary N) is 2. The number of hydrogen-bond donors (Lipinski definition) is 2. The molecule has 100 valence electrons.